The van der Waals surface area contributed by atoms with Crippen LogP contribution in [0.5, 0.6) is 11.5 Å². The zero-order valence-corrected chi connectivity index (χ0v) is 20.6. The van der Waals surface area contributed by atoms with Crippen LogP contribution in [0, 0.1) is 12.7 Å². The van der Waals surface area contributed by atoms with Gasteiger partial charge in [-0.15, -0.1) is 11.8 Å². The first-order chi connectivity index (χ1) is 17.0. The lowest BCUT2D eigenvalue weighted by Crippen LogP contribution is -2.26. The maximum Gasteiger partial charge on any atom is 0.131 e. The van der Waals surface area contributed by atoms with E-state index in [-0.39, 0.29) is 24.3 Å². The smallest absolute Gasteiger partial charge is 0.131 e. The number of phenolic OH excluding ortho intramolecular Hbond substituents is 1. The van der Waals surface area contributed by atoms with Crippen LogP contribution in [0.1, 0.15) is 35.1 Å². The predicted molar refractivity (Wildman–Crippen MR) is 138 cm³/mol. The SMILES string of the molecule is Cc1ccc(C2=C(c3ccc(O[C@H]4CCN(CCCF)C4)cc3)c3ccc(O)cc3SC2)c(F)c1. The van der Waals surface area contributed by atoms with E-state index in [1.807, 2.05) is 49.4 Å². The maximum atomic E-state index is 15.0. The minimum absolute atomic E-state index is 0.103. The van der Waals surface area contributed by atoms with Crippen molar-refractivity contribution in [2.45, 2.75) is 30.8 Å². The summed E-state index contributed by atoms with van der Waals surface area (Å²) < 4.78 is 33.7. The van der Waals surface area contributed by atoms with E-state index in [0.717, 1.165) is 64.5 Å². The van der Waals surface area contributed by atoms with E-state index in [9.17, 15) is 9.50 Å². The number of alkyl halides is 1. The van der Waals surface area contributed by atoms with E-state index in [2.05, 4.69) is 4.90 Å². The molecule has 6 heteroatoms. The number of ether oxygens (including phenoxy) is 1. The molecule has 182 valence electrons. The van der Waals surface area contributed by atoms with Gasteiger partial charge in [-0.25, -0.2) is 4.39 Å². The van der Waals surface area contributed by atoms with Gasteiger partial charge in [-0.1, -0.05) is 24.3 Å². The molecule has 1 atom stereocenters. The lowest BCUT2D eigenvalue weighted by Gasteiger charge is -2.25. The largest absolute Gasteiger partial charge is 0.508 e. The highest BCUT2D eigenvalue weighted by molar-refractivity contribution is 7.99. The van der Waals surface area contributed by atoms with Gasteiger partial charge in [0.1, 0.15) is 23.4 Å². The Labute approximate surface area is 209 Å². The molecule has 0 bridgehead atoms. The van der Waals surface area contributed by atoms with Gasteiger partial charge in [-0.2, -0.15) is 0 Å². The molecule has 3 aromatic carbocycles. The molecular formula is C29H29F2NO2S. The summed E-state index contributed by atoms with van der Waals surface area (Å²) in [7, 11) is 0. The topological polar surface area (TPSA) is 32.7 Å². The molecule has 1 N–H and O–H groups in total. The van der Waals surface area contributed by atoms with Crippen molar-refractivity contribution in [2.24, 2.45) is 0 Å². The van der Waals surface area contributed by atoms with Crippen molar-refractivity contribution in [1.82, 2.24) is 4.90 Å². The number of benzene rings is 3. The molecule has 1 fully saturated rings. The van der Waals surface area contributed by atoms with Crippen LogP contribution in [0.25, 0.3) is 11.1 Å². The van der Waals surface area contributed by atoms with E-state index in [1.54, 1.807) is 30.0 Å². The van der Waals surface area contributed by atoms with Crippen molar-refractivity contribution in [2.75, 3.05) is 32.1 Å². The fourth-order valence-electron chi connectivity index (χ4n) is 4.90. The average Bonchev–Trinajstić information content (AvgIpc) is 3.30. The highest BCUT2D eigenvalue weighted by Gasteiger charge is 2.26. The quantitative estimate of drug-likeness (QED) is 0.396. The molecule has 35 heavy (non-hydrogen) atoms. The van der Waals surface area contributed by atoms with Gasteiger partial charge in [-0.05, 0) is 84.0 Å². The van der Waals surface area contributed by atoms with Gasteiger partial charge < -0.3 is 9.84 Å². The highest BCUT2D eigenvalue weighted by atomic mass is 32.2. The van der Waals surface area contributed by atoms with Gasteiger partial charge in [0.15, 0.2) is 0 Å². The third-order valence-corrected chi connectivity index (χ3v) is 7.72. The summed E-state index contributed by atoms with van der Waals surface area (Å²) in [4.78, 5) is 3.23. The lowest BCUT2D eigenvalue weighted by molar-refractivity contribution is 0.198. The normalized spacial score (nSPS) is 18.1. The Morgan fingerprint density at radius 3 is 2.63 bits per heavy atom. The molecule has 0 unspecified atom stereocenters. The number of phenols is 1. The van der Waals surface area contributed by atoms with Crippen LogP contribution in [0.4, 0.5) is 8.78 Å². The molecule has 0 aliphatic carbocycles. The Morgan fingerprint density at radius 2 is 1.86 bits per heavy atom. The van der Waals surface area contributed by atoms with Crippen molar-refractivity contribution < 1.29 is 18.6 Å². The number of likely N-dealkylation sites (tertiary alicyclic amines) is 1. The molecule has 0 amide bonds. The molecule has 0 radical (unpaired) electrons. The molecule has 0 aromatic heterocycles. The summed E-state index contributed by atoms with van der Waals surface area (Å²) in [5, 5.41) is 10.0. The number of hydrogen-bond donors (Lipinski definition) is 1. The summed E-state index contributed by atoms with van der Waals surface area (Å²) in [6.45, 7) is 4.13. The molecule has 2 heterocycles. The zero-order valence-electron chi connectivity index (χ0n) is 19.8. The molecule has 5 rings (SSSR count). The molecule has 2 aliphatic rings. The standard InChI is InChI=1S/C29H29F2NO2S/c1-19-3-9-24(27(31)15-19)26-18-35-28-16-21(33)6-10-25(28)29(26)20-4-7-22(8-5-20)34-23-11-14-32(17-23)13-2-12-30/h3-10,15-16,23,33H,2,11-14,17-18H2,1H3/t23-/m0/s1. The van der Waals surface area contributed by atoms with E-state index in [1.165, 1.54) is 0 Å². The number of thioether (sulfide) groups is 1. The minimum atomic E-state index is -0.283. The number of rotatable bonds is 7. The summed E-state index contributed by atoms with van der Waals surface area (Å²) in [6.07, 6.45) is 1.61. The molecular weight excluding hydrogens is 464 g/mol. The molecule has 0 saturated carbocycles. The monoisotopic (exact) mass is 493 g/mol. The zero-order chi connectivity index (χ0) is 24.4. The number of nitrogens with zero attached hydrogens (tertiary/aromatic N) is 1. The number of aromatic hydroxyl groups is 1. The van der Waals surface area contributed by atoms with Crippen molar-refractivity contribution >= 4 is 22.9 Å². The van der Waals surface area contributed by atoms with E-state index in [4.69, 9.17) is 4.74 Å². The van der Waals surface area contributed by atoms with Gasteiger partial charge in [0.2, 0.25) is 0 Å². The second-order valence-electron chi connectivity index (χ2n) is 9.20. The molecule has 3 nitrogen and oxygen atoms in total. The lowest BCUT2D eigenvalue weighted by atomic mass is 9.89. The number of halogens is 2. The molecule has 1 saturated heterocycles. The van der Waals surface area contributed by atoms with Gasteiger partial charge in [0.25, 0.3) is 0 Å². The van der Waals surface area contributed by atoms with Crippen LogP contribution >= 0.6 is 11.8 Å². The third kappa shape index (κ3) is 5.24. The Bertz CT molecular complexity index is 1240. The van der Waals surface area contributed by atoms with E-state index in [0.29, 0.717) is 17.7 Å². The van der Waals surface area contributed by atoms with Gasteiger partial charge >= 0.3 is 0 Å². The second kappa shape index (κ2) is 10.4. The van der Waals surface area contributed by atoms with Crippen LogP contribution in [0.2, 0.25) is 0 Å². The van der Waals surface area contributed by atoms with Gasteiger partial charge in [0.05, 0.1) is 6.67 Å². The average molecular weight is 494 g/mol. The molecule has 2 aliphatic heterocycles. The number of hydrogen-bond acceptors (Lipinski definition) is 4. The Hall–Kier alpha value is -2.83. The maximum absolute atomic E-state index is 15.0. The van der Waals surface area contributed by atoms with Crippen LogP contribution in [-0.2, 0) is 0 Å². The first-order valence-corrected chi connectivity index (χ1v) is 13.0. The number of fused-ring (bicyclic) bond motifs is 1. The first kappa shape index (κ1) is 23.9. The first-order valence-electron chi connectivity index (χ1n) is 12.0. The summed E-state index contributed by atoms with van der Waals surface area (Å²) in [5.41, 5.74) is 5.39. The predicted octanol–water partition coefficient (Wildman–Crippen LogP) is 6.72. The summed E-state index contributed by atoms with van der Waals surface area (Å²) >= 11 is 1.61. The summed E-state index contributed by atoms with van der Waals surface area (Å²) in [6, 6.07) is 18.7. The Balaban J connectivity index is 1.46. The van der Waals surface area contributed by atoms with Crippen molar-refractivity contribution in [3.05, 3.63) is 88.7 Å². The molecule has 3 aromatic rings. The van der Waals surface area contributed by atoms with Crippen LogP contribution in [0.3, 0.4) is 0 Å². The third-order valence-electron chi connectivity index (χ3n) is 6.64. The number of aryl methyl sites for hydroxylation is 1. The van der Waals surface area contributed by atoms with Crippen molar-refractivity contribution in [1.29, 1.82) is 0 Å². The fourth-order valence-corrected chi connectivity index (χ4v) is 6.03. The van der Waals surface area contributed by atoms with Crippen LogP contribution in [0.15, 0.2) is 65.6 Å². The van der Waals surface area contributed by atoms with E-state index < -0.39 is 0 Å². The highest BCUT2D eigenvalue weighted by Crippen LogP contribution is 2.46. The molecule has 0 spiro atoms. The van der Waals surface area contributed by atoms with Gasteiger partial charge in [0, 0.05) is 35.8 Å². The van der Waals surface area contributed by atoms with E-state index >= 15 is 4.39 Å². The van der Waals surface area contributed by atoms with Gasteiger partial charge in [-0.3, -0.25) is 9.29 Å². The summed E-state index contributed by atoms with van der Waals surface area (Å²) in [5.74, 6) is 1.41. The minimum Gasteiger partial charge on any atom is -0.508 e. The van der Waals surface area contributed by atoms with Crippen molar-refractivity contribution in [3.8, 4) is 11.5 Å². The fraction of sp³-hybridized carbons (Fsp3) is 0.310. The Morgan fingerprint density at radius 1 is 1.06 bits per heavy atom. The van der Waals surface area contributed by atoms with Crippen LogP contribution < -0.4 is 4.74 Å². The van der Waals surface area contributed by atoms with Crippen molar-refractivity contribution in [3.63, 3.8) is 0 Å². The Kier molecular flexibility index (Phi) is 7.12. The second-order valence-corrected chi connectivity index (χ2v) is 10.2. The van der Waals surface area contributed by atoms with Crippen LogP contribution in [-0.4, -0.2) is 48.2 Å².